The molecular formula is C24H23F3N2O2. The minimum Gasteiger partial charge on any atom is -0.488 e. The van der Waals surface area contributed by atoms with Crippen molar-refractivity contribution in [3.63, 3.8) is 0 Å². The van der Waals surface area contributed by atoms with Crippen molar-refractivity contribution in [1.82, 2.24) is 4.90 Å². The van der Waals surface area contributed by atoms with Gasteiger partial charge in [0, 0.05) is 18.7 Å². The number of halogens is 3. The number of rotatable bonds is 9. The highest BCUT2D eigenvalue weighted by Gasteiger charge is 2.22. The van der Waals surface area contributed by atoms with Gasteiger partial charge in [-0.3, -0.25) is 4.79 Å². The minimum atomic E-state index is -1.56. The lowest BCUT2D eigenvalue weighted by Gasteiger charge is -2.24. The first-order valence-electron chi connectivity index (χ1n) is 9.88. The van der Waals surface area contributed by atoms with Gasteiger partial charge in [0.2, 0.25) is 0 Å². The molecular weight excluding hydrogens is 405 g/mol. The standard InChI is InChI=1S/C24H23F3N2O2/c25-20-12-11-18(22(26)23(20)27)15-29(14-6-13-28)24(30)19-9-4-5-10-21(19)31-16-17-7-2-1-3-8-17/h1-5,7-12H,6,13-16,28H2. The summed E-state index contributed by atoms with van der Waals surface area (Å²) >= 11 is 0. The van der Waals surface area contributed by atoms with Gasteiger partial charge in [-0.25, -0.2) is 13.2 Å². The molecule has 0 saturated carbocycles. The lowest BCUT2D eigenvalue weighted by molar-refractivity contribution is 0.0735. The number of hydrogen-bond acceptors (Lipinski definition) is 3. The molecule has 2 N–H and O–H groups in total. The molecule has 0 heterocycles. The van der Waals surface area contributed by atoms with E-state index in [4.69, 9.17) is 10.5 Å². The van der Waals surface area contributed by atoms with Gasteiger partial charge < -0.3 is 15.4 Å². The number of amides is 1. The molecule has 0 radical (unpaired) electrons. The zero-order valence-corrected chi connectivity index (χ0v) is 16.9. The molecule has 3 rings (SSSR count). The van der Waals surface area contributed by atoms with E-state index in [9.17, 15) is 18.0 Å². The third-order valence-electron chi connectivity index (χ3n) is 4.75. The van der Waals surface area contributed by atoms with Crippen LogP contribution in [0.5, 0.6) is 5.75 Å². The maximum absolute atomic E-state index is 14.2. The van der Waals surface area contributed by atoms with Crippen molar-refractivity contribution >= 4 is 5.91 Å². The Kier molecular flexibility index (Phi) is 7.67. The Balaban J connectivity index is 1.84. The molecule has 3 aromatic carbocycles. The minimum absolute atomic E-state index is 0.119. The highest BCUT2D eigenvalue weighted by molar-refractivity contribution is 5.96. The Morgan fingerprint density at radius 1 is 0.903 bits per heavy atom. The van der Waals surface area contributed by atoms with Crippen LogP contribution in [0.25, 0.3) is 0 Å². The van der Waals surface area contributed by atoms with E-state index >= 15 is 0 Å². The van der Waals surface area contributed by atoms with Gasteiger partial charge in [-0.2, -0.15) is 0 Å². The summed E-state index contributed by atoms with van der Waals surface area (Å²) in [5.41, 5.74) is 6.69. The summed E-state index contributed by atoms with van der Waals surface area (Å²) in [5, 5.41) is 0. The van der Waals surface area contributed by atoms with Crippen molar-refractivity contribution < 1.29 is 22.7 Å². The van der Waals surface area contributed by atoms with E-state index < -0.39 is 23.4 Å². The summed E-state index contributed by atoms with van der Waals surface area (Å²) in [6, 6.07) is 18.2. The highest BCUT2D eigenvalue weighted by Crippen LogP contribution is 2.24. The van der Waals surface area contributed by atoms with Crippen molar-refractivity contribution in [1.29, 1.82) is 0 Å². The monoisotopic (exact) mass is 428 g/mol. The Morgan fingerprint density at radius 2 is 1.61 bits per heavy atom. The van der Waals surface area contributed by atoms with Crippen LogP contribution in [0.1, 0.15) is 27.9 Å². The fourth-order valence-electron chi connectivity index (χ4n) is 3.10. The van der Waals surface area contributed by atoms with Crippen LogP contribution >= 0.6 is 0 Å². The van der Waals surface area contributed by atoms with Gasteiger partial charge >= 0.3 is 0 Å². The summed E-state index contributed by atoms with van der Waals surface area (Å²) in [6.07, 6.45) is 0.462. The Bertz CT molecular complexity index is 1030. The molecule has 0 aliphatic carbocycles. The third-order valence-corrected chi connectivity index (χ3v) is 4.75. The molecule has 0 bridgehead atoms. The average molecular weight is 428 g/mol. The first kappa shape index (κ1) is 22.4. The van der Waals surface area contributed by atoms with E-state index in [-0.39, 0.29) is 25.3 Å². The van der Waals surface area contributed by atoms with Crippen LogP contribution in [0.4, 0.5) is 13.2 Å². The van der Waals surface area contributed by atoms with Crippen molar-refractivity contribution in [2.75, 3.05) is 13.1 Å². The van der Waals surface area contributed by atoms with Gasteiger partial charge in [-0.05, 0) is 36.7 Å². The summed E-state index contributed by atoms with van der Waals surface area (Å²) in [5.74, 6) is -4.18. The van der Waals surface area contributed by atoms with Crippen LogP contribution in [0.15, 0.2) is 66.7 Å². The summed E-state index contributed by atoms with van der Waals surface area (Å²) < 4.78 is 47.0. The topological polar surface area (TPSA) is 55.6 Å². The van der Waals surface area contributed by atoms with Crippen molar-refractivity contribution in [2.45, 2.75) is 19.6 Å². The second-order valence-electron chi connectivity index (χ2n) is 6.97. The molecule has 0 aliphatic rings. The van der Waals surface area contributed by atoms with Crippen LogP contribution < -0.4 is 10.5 Å². The lowest BCUT2D eigenvalue weighted by atomic mass is 10.1. The Hall–Kier alpha value is -3.32. The number of carbonyl (C=O) groups is 1. The molecule has 0 saturated heterocycles. The van der Waals surface area contributed by atoms with Gasteiger partial charge in [0.1, 0.15) is 12.4 Å². The molecule has 0 fully saturated rings. The molecule has 0 atom stereocenters. The van der Waals surface area contributed by atoms with Gasteiger partial charge in [0.15, 0.2) is 17.5 Å². The van der Waals surface area contributed by atoms with E-state index in [2.05, 4.69) is 0 Å². The number of para-hydroxylation sites is 1. The maximum atomic E-state index is 14.2. The zero-order valence-electron chi connectivity index (χ0n) is 16.9. The quantitative estimate of drug-likeness (QED) is 0.504. The summed E-state index contributed by atoms with van der Waals surface area (Å²) in [7, 11) is 0. The van der Waals surface area contributed by atoms with E-state index in [1.807, 2.05) is 30.3 Å². The van der Waals surface area contributed by atoms with Crippen LogP contribution in [0, 0.1) is 17.5 Å². The van der Waals surface area contributed by atoms with Crippen LogP contribution in [-0.4, -0.2) is 23.9 Å². The van der Waals surface area contributed by atoms with Crippen molar-refractivity contribution in [3.8, 4) is 5.75 Å². The molecule has 0 spiro atoms. The van der Waals surface area contributed by atoms with E-state index in [1.165, 1.54) is 4.90 Å². The summed E-state index contributed by atoms with van der Waals surface area (Å²) in [4.78, 5) is 14.6. The molecule has 31 heavy (non-hydrogen) atoms. The molecule has 162 valence electrons. The second-order valence-corrected chi connectivity index (χ2v) is 6.97. The molecule has 0 aromatic heterocycles. The van der Waals surface area contributed by atoms with Crippen molar-refractivity contribution in [2.24, 2.45) is 5.73 Å². The number of carbonyl (C=O) groups excluding carboxylic acids is 1. The van der Waals surface area contributed by atoms with Gasteiger partial charge in [-0.15, -0.1) is 0 Å². The largest absolute Gasteiger partial charge is 0.488 e. The molecule has 0 unspecified atom stereocenters. The fraction of sp³-hybridized carbons (Fsp3) is 0.208. The average Bonchev–Trinajstić information content (AvgIpc) is 2.80. The number of nitrogens with zero attached hydrogens (tertiary/aromatic N) is 1. The van der Waals surface area contributed by atoms with Crippen LogP contribution in [-0.2, 0) is 13.2 Å². The van der Waals surface area contributed by atoms with Crippen LogP contribution in [0.3, 0.4) is 0 Å². The van der Waals surface area contributed by atoms with E-state index in [0.29, 0.717) is 24.3 Å². The highest BCUT2D eigenvalue weighted by atomic mass is 19.2. The number of hydrogen-bond donors (Lipinski definition) is 1. The molecule has 1 amide bonds. The smallest absolute Gasteiger partial charge is 0.257 e. The Morgan fingerprint density at radius 3 is 2.35 bits per heavy atom. The SMILES string of the molecule is NCCCN(Cc1ccc(F)c(F)c1F)C(=O)c1ccccc1OCc1ccccc1. The van der Waals surface area contributed by atoms with Crippen molar-refractivity contribution in [3.05, 3.63) is 101 Å². The second kappa shape index (κ2) is 10.6. The number of ether oxygens (including phenoxy) is 1. The van der Waals surface area contributed by atoms with E-state index in [1.54, 1.807) is 24.3 Å². The normalized spacial score (nSPS) is 10.7. The van der Waals surface area contributed by atoms with Gasteiger partial charge in [0.25, 0.3) is 5.91 Å². The molecule has 0 aliphatic heterocycles. The van der Waals surface area contributed by atoms with E-state index in [0.717, 1.165) is 17.7 Å². The maximum Gasteiger partial charge on any atom is 0.257 e. The molecule has 3 aromatic rings. The fourth-order valence-corrected chi connectivity index (χ4v) is 3.10. The molecule has 7 heteroatoms. The Labute approximate surface area is 179 Å². The predicted molar refractivity (Wildman–Crippen MR) is 112 cm³/mol. The number of benzene rings is 3. The zero-order chi connectivity index (χ0) is 22.2. The predicted octanol–water partition coefficient (Wildman–Crippen LogP) is 4.67. The first-order valence-corrected chi connectivity index (χ1v) is 9.88. The first-order chi connectivity index (χ1) is 15.0. The van der Waals surface area contributed by atoms with Gasteiger partial charge in [-0.1, -0.05) is 48.5 Å². The lowest BCUT2D eigenvalue weighted by Crippen LogP contribution is -2.33. The van der Waals surface area contributed by atoms with Gasteiger partial charge in [0.05, 0.1) is 5.56 Å². The number of nitrogens with two attached hydrogens (primary N) is 1. The summed E-state index contributed by atoms with van der Waals surface area (Å²) in [6.45, 7) is 0.581. The molecule has 4 nitrogen and oxygen atoms in total. The van der Waals surface area contributed by atoms with Crippen LogP contribution in [0.2, 0.25) is 0 Å². The third kappa shape index (κ3) is 5.64.